The molecule has 0 aromatic rings. The number of hydrogen-bond donors (Lipinski definition) is 0. The van der Waals surface area contributed by atoms with Crippen molar-refractivity contribution in [3.8, 4) is 0 Å². The van der Waals surface area contributed by atoms with Crippen LogP contribution >= 0.6 is 0 Å². The molecule has 0 unspecified atom stereocenters. The fraction of sp³-hybridized carbons (Fsp3) is 0.733. The van der Waals surface area contributed by atoms with Crippen LogP contribution in [0.3, 0.4) is 0 Å². The highest BCUT2D eigenvalue weighted by atomic mass is 14.7. The highest BCUT2D eigenvalue weighted by Gasteiger charge is 2.63. The van der Waals surface area contributed by atoms with Gasteiger partial charge in [0.2, 0.25) is 0 Å². The SMILES string of the molecule is C=C1CC[C@@H]2[C@H]([C@@H]3C(C)=CC[C@@H]13)C2(C)C. The van der Waals surface area contributed by atoms with Crippen LogP contribution in [0.2, 0.25) is 0 Å². The van der Waals surface area contributed by atoms with Gasteiger partial charge in [0.05, 0.1) is 0 Å². The van der Waals surface area contributed by atoms with Gasteiger partial charge >= 0.3 is 0 Å². The molecule has 0 radical (unpaired) electrons. The number of rotatable bonds is 0. The molecule has 0 heterocycles. The van der Waals surface area contributed by atoms with Gasteiger partial charge in [-0.05, 0) is 55.3 Å². The maximum absolute atomic E-state index is 4.32. The Bertz CT molecular complexity index is 345. The van der Waals surface area contributed by atoms with Crippen LogP contribution in [0.4, 0.5) is 0 Å². The zero-order valence-electron chi connectivity index (χ0n) is 10.2. The second-order valence-electron chi connectivity index (χ2n) is 6.47. The summed E-state index contributed by atoms with van der Waals surface area (Å²) < 4.78 is 0. The first-order valence-electron chi connectivity index (χ1n) is 6.38. The van der Waals surface area contributed by atoms with Crippen LogP contribution in [0.15, 0.2) is 23.8 Å². The minimum atomic E-state index is 0.614. The Morgan fingerprint density at radius 2 is 2.13 bits per heavy atom. The summed E-state index contributed by atoms with van der Waals surface area (Å²) in [5.41, 5.74) is 3.81. The molecule has 0 nitrogen and oxygen atoms in total. The molecule has 0 aromatic heterocycles. The molecule has 0 bridgehead atoms. The lowest BCUT2D eigenvalue weighted by Crippen LogP contribution is -2.16. The molecule has 0 N–H and O–H groups in total. The van der Waals surface area contributed by atoms with E-state index in [-0.39, 0.29) is 0 Å². The predicted molar refractivity (Wildman–Crippen MR) is 64.5 cm³/mol. The second kappa shape index (κ2) is 2.78. The molecule has 2 fully saturated rings. The van der Waals surface area contributed by atoms with Crippen LogP contribution in [-0.2, 0) is 0 Å². The first-order chi connectivity index (χ1) is 7.03. The molecule has 2 saturated carbocycles. The molecule has 0 heteroatoms. The van der Waals surface area contributed by atoms with Gasteiger partial charge in [0.25, 0.3) is 0 Å². The van der Waals surface area contributed by atoms with Crippen LogP contribution < -0.4 is 0 Å². The summed E-state index contributed by atoms with van der Waals surface area (Å²) in [4.78, 5) is 0. The van der Waals surface area contributed by atoms with E-state index in [1.165, 1.54) is 24.8 Å². The van der Waals surface area contributed by atoms with Gasteiger partial charge in [-0.15, -0.1) is 0 Å². The molecule has 82 valence electrons. The third-order valence-corrected chi connectivity index (χ3v) is 5.48. The van der Waals surface area contributed by atoms with E-state index < -0.39 is 0 Å². The van der Waals surface area contributed by atoms with E-state index >= 15 is 0 Å². The van der Waals surface area contributed by atoms with Gasteiger partial charge in [-0.3, -0.25) is 0 Å². The third kappa shape index (κ3) is 1.14. The minimum absolute atomic E-state index is 0.614. The van der Waals surface area contributed by atoms with E-state index in [1.54, 1.807) is 5.57 Å². The summed E-state index contributed by atoms with van der Waals surface area (Å²) >= 11 is 0. The highest BCUT2D eigenvalue weighted by molar-refractivity contribution is 5.29. The Morgan fingerprint density at radius 3 is 2.87 bits per heavy atom. The van der Waals surface area contributed by atoms with Crippen molar-refractivity contribution < 1.29 is 0 Å². The standard InChI is InChI=1S/C15H22/c1-9-6-8-12-14(15(12,3)4)13-10(2)5-7-11(9)13/h5,11-14H,1,6-8H2,2-4H3/t11-,12+,13+,14+/m0/s1. The minimum Gasteiger partial charge on any atom is -0.0995 e. The van der Waals surface area contributed by atoms with Crippen molar-refractivity contribution in [2.24, 2.45) is 29.1 Å². The lowest BCUT2D eigenvalue weighted by atomic mass is 9.80. The van der Waals surface area contributed by atoms with Crippen LogP contribution in [0.25, 0.3) is 0 Å². The zero-order valence-corrected chi connectivity index (χ0v) is 10.2. The summed E-state index contributed by atoms with van der Waals surface area (Å²) in [5, 5.41) is 0. The maximum atomic E-state index is 4.32. The van der Waals surface area contributed by atoms with E-state index in [2.05, 4.69) is 33.4 Å². The van der Waals surface area contributed by atoms with Crippen molar-refractivity contribution in [3.63, 3.8) is 0 Å². The van der Waals surface area contributed by atoms with Gasteiger partial charge in [0.15, 0.2) is 0 Å². The Morgan fingerprint density at radius 1 is 1.40 bits per heavy atom. The number of fused-ring (bicyclic) bond motifs is 3. The summed E-state index contributed by atoms with van der Waals surface area (Å²) in [6.07, 6.45) is 6.43. The van der Waals surface area contributed by atoms with Gasteiger partial charge in [-0.1, -0.05) is 37.6 Å². The topological polar surface area (TPSA) is 0 Å². The van der Waals surface area contributed by atoms with Crippen molar-refractivity contribution in [2.75, 3.05) is 0 Å². The van der Waals surface area contributed by atoms with Crippen LogP contribution in [0.5, 0.6) is 0 Å². The fourth-order valence-corrected chi connectivity index (χ4v) is 4.44. The molecule has 0 aliphatic heterocycles. The van der Waals surface area contributed by atoms with Crippen molar-refractivity contribution in [1.29, 1.82) is 0 Å². The molecule has 3 rings (SSSR count). The number of allylic oxidation sites excluding steroid dienone is 3. The fourth-order valence-electron chi connectivity index (χ4n) is 4.44. The van der Waals surface area contributed by atoms with Gasteiger partial charge in [0.1, 0.15) is 0 Å². The zero-order chi connectivity index (χ0) is 10.8. The average Bonchev–Trinajstić information content (AvgIpc) is 2.55. The van der Waals surface area contributed by atoms with E-state index in [0.29, 0.717) is 5.41 Å². The quantitative estimate of drug-likeness (QED) is 0.517. The van der Waals surface area contributed by atoms with Gasteiger partial charge in [0, 0.05) is 0 Å². The van der Waals surface area contributed by atoms with E-state index in [0.717, 1.165) is 23.7 Å². The van der Waals surface area contributed by atoms with Crippen molar-refractivity contribution in [2.45, 2.75) is 40.0 Å². The average molecular weight is 202 g/mol. The first kappa shape index (κ1) is 9.69. The largest absolute Gasteiger partial charge is 0.0995 e. The Labute approximate surface area is 93.5 Å². The van der Waals surface area contributed by atoms with E-state index in [1.807, 2.05) is 0 Å². The molecule has 15 heavy (non-hydrogen) atoms. The Balaban J connectivity index is 1.96. The second-order valence-corrected chi connectivity index (χ2v) is 6.47. The molecular formula is C15H22. The van der Waals surface area contributed by atoms with Crippen LogP contribution in [0, 0.1) is 29.1 Å². The summed E-state index contributed by atoms with van der Waals surface area (Å²) in [6, 6.07) is 0. The highest BCUT2D eigenvalue weighted by Crippen LogP contribution is 2.69. The first-order valence-corrected chi connectivity index (χ1v) is 6.38. The summed E-state index contributed by atoms with van der Waals surface area (Å²) in [7, 11) is 0. The van der Waals surface area contributed by atoms with Gasteiger partial charge in [-0.25, -0.2) is 0 Å². The Kier molecular flexibility index (Phi) is 1.80. The monoisotopic (exact) mass is 202 g/mol. The molecule has 0 spiro atoms. The van der Waals surface area contributed by atoms with Crippen LogP contribution in [-0.4, -0.2) is 0 Å². The lowest BCUT2D eigenvalue weighted by Gasteiger charge is -2.24. The normalized spacial score (nSPS) is 46.6. The van der Waals surface area contributed by atoms with Gasteiger partial charge in [-0.2, -0.15) is 0 Å². The molecular weight excluding hydrogens is 180 g/mol. The molecule has 4 atom stereocenters. The molecule has 3 aliphatic rings. The van der Waals surface area contributed by atoms with Crippen molar-refractivity contribution >= 4 is 0 Å². The van der Waals surface area contributed by atoms with Gasteiger partial charge < -0.3 is 0 Å². The Hall–Kier alpha value is -0.520. The summed E-state index contributed by atoms with van der Waals surface area (Å²) in [6.45, 7) is 11.6. The molecule has 3 aliphatic carbocycles. The molecule has 0 aromatic carbocycles. The lowest BCUT2D eigenvalue weighted by molar-refractivity contribution is 0.366. The van der Waals surface area contributed by atoms with Crippen molar-refractivity contribution in [3.05, 3.63) is 23.8 Å². The number of hydrogen-bond acceptors (Lipinski definition) is 0. The van der Waals surface area contributed by atoms with E-state index in [9.17, 15) is 0 Å². The van der Waals surface area contributed by atoms with Crippen LogP contribution in [0.1, 0.15) is 40.0 Å². The third-order valence-electron chi connectivity index (χ3n) is 5.48. The maximum Gasteiger partial charge on any atom is -0.0101 e. The predicted octanol–water partition coefficient (Wildman–Crippen LogP) is 4.19. The summed E-state index contributed by atoms with van der Waals surface area (Å²) in [5.74, 6) is 3.58. The smallest absolute Gasteiger partial charge is 0.0101 e. The van der Waals surface area contributed by atoms with E-state index in [4.69, 9.17) is 0 Å². The molecule has 0 saturated heterocycles. The molecule has 0 amide bonds. The van der Waals surface area contributed by atoms with Crippen molar-refractivity contribution in [1.82, 2.24) is 0 Å².